The fraction of sp³-hybridized carbons (Fsp3) is 0.625. The number of para-hydroxylation sites is 1. The number of hydrogen-bond acceptors (Lipinski definition) is 15. The number of aromatic nitrogens is 1. The van der Waals surface area contributed by atoms with Gasteiger partial charge in [0.05, 0.1) is 19.1 Å². The number of H-pyrrole nitrogens is 1. The molecule has 2 heterocycles. The zero-order chi connectivity index (χ0) is 64.7. The maximum absolute atomic E-state index is 14.7. The molecule has 0 spiro atoms. The van der Waals surface area contributed by atoms with E-state index < -0.39 is 169 Å². The van der Waals surface area contributed by atoms with Gasteiger partial charge in [0.15, 0.2) is 5.96 Å². The largest absolute Gasteiger partial charge is 0.480 e. The predicted octanol–water partition coefficient (Wildman–Crippen LogP) is -3.42. The van der Waals surface area contributed by atoms with E-state index in [0.717, 1.165) is 0 Å². The molecule has 21 N–H and O–H groups in total. The van der Waals surface area contributed by atoms with Gasteiger partial charge in [-0.3, -0.25) is 57.7 Å². The zero-order valence-corrected chi connectivity index (χ0v) is 50.2. The van der Waals surface area contributed by atoms with E-state index in [-0.39, 0.29) is 69.4 Å². The van der Waals surface area contributed by atoms with Crippen molar-refractivity contribution >= 4 is 87.8 Å². The number of fused-ring (bicyclic) bond motifs is 1. The van der Waals surface area contributed by atoms with Crippen LogP contribution in [0.4, 0.5) is 0 Å². The molecule has 30 nitrogen and oxygen atoms in total. The minimum Gasteiger partial charge on any atom is -0.480 e. The minimum absolute atomic E-state index is 0.0123. The number of nitrogens with zero attached hydrogens (tertiary/aromatic N) is 2. The molecule has 0 bridgehead atoms. The van der Waals surface area contributed by atoms with Crippen LogP contribution < -0.4 is 71.2 Å². The van der Waals surface area contributed by atoms with Crippen LogP contribution in [0.25, 0.3) is 10.9 Å². The van der Waals surface area contributed by atoms with Gasteiger partial charge in [0.25, 0.3) is 0 Å². The van der Waals surface area contributed by atoms with E-state index in [1.807, 2.05) is 27.7 Å². The Labute approximate surface area is 499 Å². The van der Waals surface area contributed by atoms with Crippen molar-refractivity contribution in [2.45, 2.75) is 180 Å². The van der Waals surface area contributed by atoms with Crippen LogP contribution in [0.2, 0.25) is 0 Å². The monoisotopic (exact) mass is 1210 g/mol. The minimum atomic E-state index is -1.82. The van der Waals surface area contributed by atoms with Crippen LogP contribution in [0.5, 0.6) is 0 Å². The molecule has 30 heteroatoms. The number of carbonyl (C=O) groups excluding carboxylic acids is 11. The number of amides is 11. The number of aliphatic imine (C=N–C) groups is 1. The lowest BCUT2D eigenvalue weighted by atomic mass is 9.97. The third kappa shape index (κ3) is 22.9. The van der Waals surface area contributed by atoms with E-state index in [9.17, 15) is 67.7 Å². The number of benzene rings is 1. The number of nitrogens with one attached hydrogen (secondary N) is 9. The van der Waals surface area contributed by atoms with Gasteiger partial charge in [-0.05, 0) is 80.2 Å². The molecule has 0 aliphatic carbocycles. The third-order valence-corrected chi connectivity index (χ3v) is 14.2. The lowest BCUT2D eigenvalue weighted by Crippen LogP contribution is -2.62. The SMILES string of the molecule is CC(C)C[C@H](NC(=O)[C@@H]1CCCN1C(=O)[C@@H](NC(=O)[C@@H](NC(=O)[C@H](Cc1c[nH]c2ccccc12)NC(=O)[C@H](CCC(N)=O)NC(=O)[C@H](CO)NC(=O)[C@H](CC(N)=O)NC(=O)[C@@H](N)CC(C)C)C(C)C)C(C)C)C(=O)N[C@@H](CCCN=C(N)N)C(=O)O. The molecule has 10 atom stereocenters. The summed E-state index contributed by atoms with van der Waals surface area (Å²) in [6, 6.07) is -6.92. The molecule has 1 fully saturated rings. The second-order valence-corrected chi connectivity index (χ2v) is 23.1. The van der Waals surface area contributed by atoms with Crippen LogP contribution >= 0.6 is 0 Å². The van der Waals surface area contributed by atoms with Gasteiger partial charge < -0.3 is 91.3 Å². The Morgan fingerprint density at radius 1 is 0.628 bits per heavy atom. The van der Waals surface area contributed by atoms with Gasteiger partial charge >= 0.3 is 5.97 Å². The summed E-state index contributed by atoms with van der Waals surface area (Å²) in [5, 5.41) is 41.1. The molecule has 478 valence electrons. The molecular weight excluding hydrogens is 1120 g/mol. The first-order valence-corrected chi connectivity index (χ1v) is 28.8. The van der Waals surface area contributed by atoms with Crippen molar-refractivity contribution in [2.24, 2.45) is 57.3 Å². The van der Waals surface area contributed by atoms with E-state index >= 15 is 0 Å². The Morgan fingerprint density at radius 2 is 1.17 bits per heavy atom. The predicted molar refractivity (Wildman–Crippen MR) is 316 cm³/mol. The van der Waals surface area contributed by atoms with Gasteiger partial charge in [-0.15, -0.1) is 0 Å². The Hall–Kier alpha value is -8.41. The highest BCUT2D eigenvalue weighted by Crippen LogP contribution is 2.23. The molecule has 3 rings (SSSR count). The summed E-state index contributed by atoms with van der Waals surface area (Å²) in [5.41, 5.74) is 28.7. The molecule has 1 aliphatic rings. The van der Waals surface area contributed by atoms with E-state index in [1.54, 1.807) is 58.2 Å². The summed E-state index contributed by atoms with van der Waals surface area (Å²) >= 11 is 0. The molecule has 1 aromatic carbocycles. The van der Waals surface area contributed by atoms with Crippen LogP contribution in [-0.4, -0.2) is 177 Å². The molecule has 1 aromatic heterocycles. The summed E-state index contributed by atoms with van der Waals surface area (Å²) in [6.45, 7) is 13.0. The van der Waals surface area contributed by atoms with Crippen molar-refractivity contribution in [2.75, 3.05) is 19.7 Å². The van der Waals surface area contributed by atoms with Gasteiger partial charge in [-0.1, -0.05) is 73.6 Å². The quantitative estimate of drug-likeness (QED) is 0.0179. The lowest BCUT2D eigenvalue weighted by molar-refractivity contribution is -0.144. The first kappa shape index (κ1) is 71.9. The summed E-state index contributed by atoms with van der Waals surface area (Å²) in [4.78, 5) is 170. The van der Waals surface area contributed by atoms with Gasteiger partial charge in [-0.2, -0.15) is 0 Å². The number of aromatic amines is 1. The standard InChI is InChI=1S/C56H90N16O14/c1-27(2)21-33(57)46(76)66-39(24-43(59)75)49(79)69-40(26-73)51(81)64-35(17-18-42(58)74)47(77)67-38(23-31-25-63-34-14-10-9-13-32(31)34)50(80)70-44(29(5)6)53(83)71-45(30(7)8)54(84)72-20-12-16-41(72)52(82)68-37(22-28(3)4)48(78)65-36(55(85)86)15-11-19-62-56(60)61/h9-10,13-14,25,27-30,33,35-41,44-45,63,73H,11-12,15-24,26,57H2,1-8H3,(H2,58,74)(H2,59,75)(H,64,81)(H,65,78)(H,66,76)(H,67,77)(H,68,82)(H,69,79)(H,70,80)(H,71,83)(H,85,86)(H4,60,61,62)/t33-,35-,36-,37-,38-,39-,40-,41-,44-,45-/m0/s1. The molecule has 0 saturated carbocycles. The molecule has 1 aliphatic heterocycles. The molecule has 1 saturated heterocycles. The van der Waals surface area contributed by atoms with Crippen molar-refractivity contribution in [3.8, 4) is 0 Å². The van der Waals surface area contributed by atoms with E-state index in [1.165, 1.54) is 4.90 Å². The third-order valence-electron chi connectivity index (χ3n) is 14.2. The normalized spacial score (nSPS) is 16.3. The fourth-order valence-electron chi connectivity index (χ4n) is 9.63. The van der Waals surface area contributed by atoms with Gasteiger partial charge in [0, 0.05) is 43.0 Å². The number of aliphatic hydroxyl groups is 1. The first-order chi connectivity index (χ1) is 40.3. The lowest BCUT2D eigenvalue weighted by Gasteiger charge is -2.33. The fourth-order valence-corrected chi connectivity index (χ4v) is 9.63. The van der Waals surface area contributed by atoms with E-state index in [4.69, 9.17) is 28.7 Å². The summed E-state index contributed by atoms with van der Waals surface area (Å²) in [5.74, 6) is -12.7. The van der Waals surface area contributed by atoms with Crippen LogP contribution in [0, 0.1) is 23.7 Å². The maximum atomic E-state index is 14.7. The number of carbonyl (C=O) groups is 12. The molecule has 0 radical (unpaired) electrons. The average Bonchev–Trinajstić information content (AvgIpc) is 3.32. The first-order valence-electron chi connectivity index (χ1n) is 28.8. The van der Waals surface area contributed by atoms with Crippen LogP contribution in [0.1, 0.15) is 119 Å². The molecule has 11 amide bonds. The number of aliphatic hydroxyl groups excluding tert-OH is 1. The highest BCUT2D eigenvalue weighted by atomic mass is 16.4. The average molecular weight is 1210 g/mol. The van der Waals surface area contributed by atoms with Crippen molar-refractivity contribution in [3.05, 3.63) is 36.0 Å². The zero-order valence-electron chi connectivity index (χ0n) is 50.2. The van der Waals surface area contributed by atoms with Crippen molar-refractivity contribution in [1.82, 2.24) is 52.4 Å². The number of carboxylic acids is 1. The van der Waals surface area contributed by atoms with Gasteiger partial charge in [-0.25, -0.2) is 4.79 Å². The summed E-state index contributed by atoms with van der Waals surface area (Å²) in [6.07, 6.45) is 0.861. The van der Waals surface area contributed by atoms with Gasteiger partial charge in [0.1, 0.15) is 54.4 Å². The van der Waals surface area contributed by atoms with Crippen LogP contribution in [0.3, 0.4) is 0 Å². The Balaban J connectivity index is 1.91. The van der Waals surface area contributed by atoms with E-state index in [2.05, 4.69) is 52.5 Å². The maximum Gasteiger partial charge on any atom is 0.326 e. The van der Waals surface area contributed by atoms with Crippen molar-refractivity contribution in [1.29, 1.82) is 0 Å². The number of guanidine groups is 1. The number of nitrogens with two attached hydrogens (primary N) is 5. The summed E-state index contributed by atoms with van der Waals surface area (Å²) in [7, 11) is 0. The van der Waals surface area contributed by atoms with Crippen molar-refractivity contribution < 1.29 is 67.7 Å². The number of primary amides is 2. The highest BCUT2D eigenvalue weighted by molar-refractivity contribution is 6.00. The number of aliphatic carboxylic acids is 1. The highest BCUT2D eigenvalue weighted by Gasteiger charge is 2.42. The Kier molecular flexibility index (Phi) is 28.8. The number of rotatable bonds is 36. The Bertz CT molecular complexity index is 2750. The molecule has 0 unspecified atom stereocenters. The molecular formula is C56H90N16O14. The second-order valence-electron chi connectivity index (χ2n) is 23.1. The van der Waals surface area contributed by atoms with E-state index in [0.29, 0.717) is 22.9 Å². The van der Waals surface area contributed by atoms with Crippen molar-refractivity contribution in [3.63, 3.8) is 0 Å². The Morgan fingerprint density at radius 3 is 1.76 bits per heavy atom. The topological polar surface area (TPSA) is 503 Å². The van der Waals surface area contributed by atoms with Crippen LogP contribution in [0.15, 0.2) is 35.5 Å². The van der Waals surface area contributed by atoms with Gasteiger partial charge in [0.2, 0.25) is 65.0 Å². The number of carboxylic acid groups (broad SMARTS) is 1. The smallest absolute Gasteiger partial charge is 0.326 e. The molecule has 2 aromatic rings. The summed E-state index contributed by atoms with van der Waals surface area (Å²) < 4.78 is 0. The van der Waals surface area contributed by atoms with Crippen LogP contribution in [-0.2, 0) is 64.0 Å². The number of hydrogen-bond donors (Lipinski definition) is 16. The molecule has 86 heavy (non-hydrogen) atoms. The second kappa shape index (κ2) is 34.5. The number of likely N-dealkylation sites (tertiary alicyclic amines) is 1.